The summed E-state index contributed by atoms with van der Waals surface area (Å²) in [5.74, 6) is 0.332. The summed E-state index contributed by atoms with van der Waals surface area (Å²) in [6.07, 6.45) is 6.84. The molecular formula is C20H27ClF2N2O. The van der Waals surface area contributed by atoms with E-state index >= 15 is 0 Å². The molecule has 0 bridgehead atoms. The first-order valence-corrected chi connectivity index (χ1v) is 9.23. The molecule has 0 radical (unpaired) electrons. The number of aryl methyl sites for hydroxylation is 1. The summed E-state index contributed by atoms with van der Waals surface area (Å²) >= 11 is 0. The molecule has 1 heterocycles. The monoisotopic (exact) mass is 384 g/mol. The number of rotatable bonds is 7. The van der Waals surface area contributed by atoms with E-state index in [9.17, 15) is 8.78 Å². The minimum absolute atomic E-state index is 0. The van der Waals surface area contributed by atoms with Crippen LogP contribution in [0.5, 0.6) is 5.88 Å². The lowest BCUT2D eigenvalue weighted by Crippen LogP contribution is -2.17. The minimum Gasteiger partial charge on any atom is -0.473 e. The highest BCUT2D eigenvalue weighted by molar-refractivity contribution is 5.85. The molecule has 0 aliphatic heterocycles. The standard InChI is InChI=1S/C20H26F2N2O.ClH/c1-3-6-18-12-20(24(23-18)14(2)15-7-4-5-8-15)25-13-16-11-17(21)9-10-19(16)22;/h9-12,14-15H,3-8,13H2,1-2H3;1H. The van der Waals surface area contributed by atoms with Crippen LogP contribution in [-0.2, 0) is 13.0 Å². The molecule has 1 unspecified atom stereocenters. The highest BCUT2D eigenvalue weighted by Crippen LogP contribution is 2.36. The summed E-state index contributed by atoms with van der Waals surface area (Å²) in [6.45, 7) is 4.29. The minimum atomic E-state index is -0.459. The van der Waals surface area contributed by atoms with Gasteiger partial charge in [-0.3, -0.25) is 0 Å². The first-order chi connectivity index (χ1) is 12.1. The number of hydrogen-bond acceptors (Lipinski definition) is 2. The smallest absolute Gasteiger partial charge is 0.212 e. The molecule has 1 fully saturated rings. The molecular weight excluding hydrogens is 358 g/mol. The van der Waals surface area contributed by atoms with Crippen molar-refractivity contribution in [2.45, 2.75) is 65.0 Å². The van der Waals surface area contributed by atoms with E-state index in [1.807, 2.05) is 10.7 Å². The van der Waals surface area contributed by atoms with Crippen LogP contribution >= 0.6 is 12.4 Å². The van der Waals surface area contributed by atoms with Crippen LogP contribution in [0.25, 0.3) is 0 Å². The molecule has 144 valence electrons. The van der Waals surface area contributed by atoms with Gasteiger partial charge in [0.15, 0.2) is 0 Å². The van der Waals surface area contributed by atoms with Crippen molar-refractivity contribution in [2.24, 2.45) is 5.92 Å². The van der Waals surface area contributed by atoms with Gasteiger partial charge in [0.25, 0.3) is 0 Å². The molecule has 26 heavy (non-hydrogen) atoms. The van der Waals surface area contributed by atoms with Gasteiger partial charge < -0.3 is 4.74 Å². The van der Waals surface area contributed by atoms with Gasteiger partial charge in [0.2, 0.25) is 5.88 Å². The first-order valence-electron chi connectivity index (χ1n) is 9.23. The van der Waals surface area contributed by atoms with Crippen molar-refractivity contribution in [3.8, 4) is 5.88 Å². The van der Waals surface area contributed by atoms with E-state index in [-0.39, 0.29) is 30.6 Å². The summed E-state index contributed by atoms with van der Waals surface area (Å²) in [5, 5.41) is 4.72. The van der Waals surface area contributed by atoms with Crippen molar-refractivity contribution in [3.05, 3.63) is 47.2 Å². The summed E-state index contributed by atoms with van der Waals surface area (Å²) in [4.78, 5) is 0. The maximum absolute atomic E-state index is 13.8. The highest BCUT2D eigenvalue weighted by atomic mass is 35.5. The quantitative estimate of drug-likeness (QED) is 0.597. The molecule has 6 heteroatoms. The van der Waals surface area contributed by atoms with Gasteiger partial charge in [-0.2, -0.15) is 5.10 Å². The Morgan fingerprint density at radius 1 is 1.23 bits per heavy atom. The van der Waals surface area contributed by atoms with E-state index in [4.69, 9.17) is 9.84 Å². The summed E-state index contributed by atoms with van der Waals surface area (Å²) in [5.41, 5.74) is 1.21. The van der Waals surface area contributed by atoms with E-state index in [0.717, 1.165) is 30.7 Å². The Balaban J connectivity index is 0.00000243. The predicted octanol–water partition coefficient (Wildman–Crippen LogP) is 5.87. The Kier molecular flexibility index (Phi) is 7.44. The fourth-order valence-corrected chi connectivity index (χ4v) is 3.65. The molecule has 1 aromatic carbocycles. The van der Waals surface area contributed by atoms with Crippen LogP contribution in [0.4, 0.5) is 8.78 Å². The predicted molar refractivity (Wildman–Crippen MR) is 101 cm³/mol. The second-order valence-corrected chi connectivity index (χ2v) is 6.98. The Morgan fingerprint density at radius 3 is 2.65 bits per heavy atom. The molecule has 0 spiro atoms. The fraction of sp³-hybridized carbons (Fsp3) is 0.550. The van der Waals surface area contributed by atoms with Crippen molar-refractivity contribution >= 4 is 12.4 Å². The molecule has 1 aromatic heterocycles. The van der Waals surface area contributed by atoms with Gasteiger partial charge in [-0.05, 0) is 50.3 Å². The van der Waals surface area contributed by atoms with Gasteiger partial charge in [0.1, 0.15) is 18.2 Å². The molecule has 0 N–H and O–H groups in total. The molecule has 1 aliphatic rings. The maximum Gasteiger partial charge on any atom is 0.212 e. The van der Waals surface area contributed by atoms with Crippen molar-refractivity contribution in [1.82, 2.24) is 9.78 Å². The third-order valence-corrected chi connectivity index (χ3v) is 5.11. The average Bonchev–Trinajstić information content (AvgIpc) is 3.25. The van der Waals surface area contributed by atoms with Gasteiger partial charge in [-0.1, -0.05) is 26.2 Å². The number of nitrogens with zero attached hydrogens (tertiary/aromatic N) is 2. The summed E-state index contributed by atoms with van der Waals surface area (Å²) < 4.78 is 35.0. The SMILES string of the molecule is CCCc1cc(OCc2cc(F)ccc2F)n(C(C)C2CCCC2)n1.Cl. The van der Waals surface area contributed by atoms with Crippen molar-refractivity contribution in [2.75, 3.05) is 0 Å². The molecule has 2 aromatic rings. The number of halogens is 3. The van der Waals surface area contributed by atoms with Crippen molar-refractivity contribution in [3.63, 3.8) is 0 Å². The highest BCUT2D eigenvalue weighted by Gasteiger charge is 2.26. The molecule has 0 amide bonds. The molecule has 3 rings (SSSR count). The van der Waals surface area contributed by atoms with Gasteiger partial charge in [0, 0.05) is 11.6 Å². The zero-order valence-corrected chi connectivity index (χ0v) is 16.2. The zero-order chi connectivity index (χ0) is 17.8. The Hall–Kier alpha value is -1.62. The lowest BCUT2D eigenvalue weighted by molar-refractivity contribution is 0.235. The largest absolute Gasteiger partial charge is 0.473 e. The van der Waals surface area contributed by atoms with E-state index < -0.39 is 11.6 Å². The molecule has 0 saturated heterocycles. The normalized spacial score (nSPS) is 15.7. The van der Waals surface area contributed by atoms with Gasteiger partial charge in [0.05, 0.1) is 11.7 Å². The van der Waals surface area contributed by atoms with Crippen LogP contribution in [0.3, 0.4) is 0 Å². The second kappa shape index (κ2) is 9.36. The van der Waals surface area contributed by atoms with Crippen LogP contribution in [0, 0.1) is 17.6 Å². The third-order valence-electron chi connectivity index (χ3n) is 5.11. The van der Waals surface area contributed by atoms with Gasteiger partial charge in [-0.25, -0.2) is 13.5 Å². The summed E-state index contributed by atoms with van der Waals surface area (Å²) in [6, 6.07) is 5.62. The topological polar surface area (TPSA) is 27.1 Å². The average molecular weight is 385 g/mol. The number of aromatic nitrogens is 2. The fourth-order valence-electron chi connectivity index (χ4n) is 3.65. The van der Waals surface area contributed by atoms with Crippen molar-refractivity contribution in [1.29, 1.82) is 0 Å². The van der Waals surface area contributed by atoms with E-state index in [1.54, 1.807) is 0 Å². The van der Waals surface area contributed by atoms with E-state index in [2.05, 4.69) is 13.8 Å². The molecule has 1 aliphatic carbocycles. The van der Waals surface area contributed by atoms with E-state index in [1.165, 1.54) is 31.7 Å². The Morgan fingerprint density at radius 2 is 1.96 bits per heavy atom. The van der Waals surface area contributed by atoms with Gasteiger partial charge in [-0.15, -0.1) is 12.4 Å². The first kappa shape index (κ1) is 20.7. The lowest BCUT2D eigenvalue weighted by atomic mass is 10.0. The maximum atomic E-state index is 13.8. The van der Waals surface area contributed by atoms with Crippen LogP contribution in [0.15, 0.2) is 24.3 Å². The van der Waals surface area contributed by atoms with Crippen LogP contribution in [0.2, 0.25) is 0 Å². The third kappa shape index (κ3) is 4.76. The van der Waals surface area contributed by atoms with Crippen LogP contribution in [-0.4, -0.2) is 9.78 Å². The molecule has 1 saturated carbocycles. The number of hydrogen-bond donors (Lipinski definition) is 0. The van der Waals surface area contributed by atoms with Crippen LogP contribution in [0.1, 0.15) is 63.3 Å². The van der Waals surface area contributed by atoms with Gasteiger partial charge >= 0.3 is 0 Å². The zero-order valence-electron chi connectivity index (χ0n) is 15.4. The number of ether oxygens (including phenoxy) is 1. The summed E-state index contributed by atoms with van der Waals surface area (Å²) in [7, 11) is 0. The molecule has 1 atom stereocenters. The second-order valence-electron chi connectivity index (χ2n) is 6.98. The Labute approximate surface area is 160 Å². The Bertz CT molecular complexity index is 714. The van der Waals surface area contributed by atoms with E-state index in [0.29, 0.717) is 11.8 Å². The number of benzene rings is 1. The van der Waals surface area contributed by atoms with Crippen molar-refractivity contribution < 1.29 is 13.5 Å². The van der Waals surface area contributed by atoms with Crippen LogP contribution < -0.4 is 4.74 Å². The lowest BCUT2D eigenvalue weighted by Gasteiger charge is -2.21. The molecule has 3 nitrogen and oxygen atoms in total.